The van der Waals surface area contributed by atoms with Crippen molar-refractivity contribution in [3.8, 4) is 0 Å². The van der Waals surface area contributed by atoms with Gasteiger partial charge in [0, 0.05) is 31.1 Å². The molecular weight excluding hydrogens is 254 g/mol. The van der Waals surface area contributed by atoms with Gasteiger partial charge < -0.3 is 10.2 Å². The van der Waals surface area contributed by atoms with Gasteiger partial charge in [0.2, 0.25) is 0 Å². The zero-order valence-electron chi connectivity index (χ0n) is 13.4. The molecule has 1 N–H and O–H groups in total. The fraction of sp³-hybridized carbons (Fsp3) is 0.800. The van der Waals surface area contributed by atoms with E-state index in [1.54, 1.807) is 0 Å². The number of aromatic nitrogens is 1. The highest BCUT2D eigenvalue weighted by molar-refractivity contribution is 7.15. The van der Waals surface area contributed by atoms with Crippen LogP contribution in [0.15, 0.2) is 0 Å². The molecule has 1 rings (SSSR count). The van der Waals surface area contributed by atoms with Gasteiger partial charge in [0.15, 0.2) is 5.13 Å². The lowest BCUT2D eigenvalue weighted by atomic mass is 10.1. The van der Waals surface area contributed by atoms with Crippen molar-refractivity contribution < 1.29 is 0 Å². The van der Waals surface area contributed by atoms with E-state index in [2.05, 4.69) is 58.8 Å². The van der Waals surface area contributed by atoms with E-state index in [1.165, 1.54) is 10.6 Å². The first kappa shape index (κ1) is 16.4. The topological polar surface area (TPSA) is 28.2 Å². The lowest BCUT2D eigenvalue weighted by Gasteiger charge is -2.17. The summed E-state index contributed by atoms with van der Waals surface area (Å²) < 4.78 is 0. The molecule has 0 radical (unpaired) electrons. The molecular formula is C15H29N3S. The smallest absolute Gasteiger partial charge is 0.185 e. The van der Waals surface area contributed by atoms with Gasteiger partial charge in [-0.25, -0.2) is 4.98 Å². The van der Waals surface area contributed by atoms with Crippen molar-refractivity contribution >= 4 is 16.5 Å². The van der Waals surface area contributed by atoms with Crippen LogP contribution in [0.1, 0.15) is 58.0 Å². The Morgan fingerprint density at radius 1 is 1.16 bits per heavy atom. The van der Waals surface area contributed by atoms with Crippen molar-refractivity contribution in [1.82, 2.24) is 10.3 Å². The number of nitrogens with zero attached hydrogens (tertiary/aromatic N) is 2. The van der Waals surface area contributed by atoms with Gasteiger partial charge in [-0.2, -0.15) is 0 Å². The van der Waals surface area contributed by atoms with Crippen LogP contribution >= 0.6 is 11.3 Å². The second-order valence-electron chi connectivity index (χ2n) is 6.27. The van der Waals surface area contributed by atoms with E-state index in [0.717, 1.165) is 18.2 Å². The lowest BCUT2D eigenvalue weighted by Crippen LogP contribution is -2.22. The Morgan fingerprint density at radius 2 is 1.79 bits per heavy atom. The largest absolute Gasteiger partial charge is 0.351 e. The summed E-state index contributed by atoms with van der Waals surface area (Å²) in [5.74, 6) is 1.15. The third kappa shape index (κ3) is 5.11. The van der Waals surface area contributed by atoms with Crippen LogP contribution in [0.2, 0.25) is 0 Å². The van der Waals surface area contributed by atoms with Gasteiger partial charge in [0.05, 0.1) is 5.69 Å². The molecule has 0 bridgehead atoms. The minimum atomic E-state index is 0.487. The fourth-order valence-corrected chi connectivity index (χ4v) is 3.15. The van der Waals surface area contributed by atoms with Crippen LogP contribution in [0.4, 0.5) is 5.13 Å². The summed E-state index contributed by atoms with van der Waals surface area (Å²) in [7, 11) is 2.14. The van der Waals surface area contributed by atoms with Crippen LogP contribution in [0, 0.1) is 5.92 Å². The molecule has 0 atom stereocenters. The third-order valence-electron chi connectivity index (χ3n) is 2.90. The summed E-state index contributed by atoms with van der Waals surface area (Å²) in [5.41, 5.74) is 1.25. The second kappa shape index (κ2) is 7.25. The molecule has 0 saturated carbocycles. The molecule has 0 fully saturated rings. The molecule has 4 heteroatoms. The average molecular weight is 283 g/mol. The molecule has 19 heavy (non-hydrogen) atoms. The average Bonchev–Trinajstić information content (AvgIpc) is 2.69. The molecule has 0 aromatic carbocycles. The highest BCUT2D eigenvalue weighted by atomic mass is 32.1. The quantitative estimate of drug-likeness (QED) is 0.823. The predicted octanol–water partition coefficient (Wildman–Crippen LogP) is 3.86. The number of anilines is 1. The van der Waals surface area contributed by atoms with Gasteiger partial charge in [-0.3, -0.25) is 0 Å². The van der Waals surface area contributed by atoms with Gasteiger partial charge in [-0.15, -0.1) is 11.3 Å². The molecule has 0 saturated heterocycles. The molecule has 110 valence electrons. The Bertz CT molecular complexity index is 383. The van der Waals surface area contributed by atoms with Crippen molar-refractivity contribution in [1.29, 1.82) is 0 Å². The van der Waals surface area contributed by atoms with E-state index in [4.69, 9.17) is 4.98 Å². The number of rotatable bonds is 7. The fourth-order valence-electron chi connectivity index (χ4n) is 2.01. The van der Waals surface area contributed by atoms with Gasteiger partial charge in [-0.05, 0) is 11.8 Å². The Hall–Kier alpha value is -0.610. The first-order chi connectivity index (χ1) is 8.81. The van der Waals surface area contributed by atoms with Crippen LogP contribution in [0.3, 0.4) is 0 Å². The van der Waals surface area contributed by atoms with Crippen molar-refractivity contribution in [2.45, 2.75) is 60.0 Å². The van der Waals surface area contributed by atoms with Crippen molar-refractivity contribution in [3.05, 3.63) is 10.6 Å². The molecule has 0 spiro atoms. The normalized spacial score (nSPS) is 11.9. The standard InChI is InChI=1S/C15H29N3S/c1-10(2)9-18(7)15-17-14(11(3)4)13(19-15)8-16-12(5)6/h10-12,16H,8-9H2,1-7H3. The molecule has 1 aromatic rings. The maximum atomic E-state index is 4.85. The minimum Gasteiger partial charge on any atom is -0.351 e. The van der Waals surface area contributed by atoms with Crippen molar-refractivity contribution in [3.63, 3.8) is 0 Å². The monoisotopic (exact) mass is 283 g/mol. The highest BCUT2D eigenvalue weighted by Crippen LogP contribution is 2.30. The van der Waals surface area contributed by atoms with Gasteiger partial charge in [0.1, 0.15) is 0 Å². The first-order valence-electron chi connectivity index (χ1n) is 7.25. The van der Waals surface area contributed by atoms with Crippen LogP contribution in [0.5, 0.6) is 0 Å². The number of hydrogen-bond acceptors (Lipinski definition) is 4. The molecule has 0 aliphatic carbocycles. The Balaban J connectivity index is 2.87. The Morgan fingerprint density at radius 3 is 2.26 bits per heavy atom. The zero-order chi connectivity index (χ0) is 14.6. The van der Waals surface area contributed by atoms with Crippen LogP contribution in [-0.2, 0) is 6.54 Å². The molecule has 3 nitrogen and oxygen atoms in total. The van der Waals surface area contributed by atoms with E-state index in [9.17, 15) is 0 Å². The van der Waals surface area contributed by atoms with E-state index < -0.39 is 0 Å². The Kier molecular flexibility index (Phi) is 6.27. The maximum absolute atomic E-state index is 4.85. The van der Waals surface area contributed by atoms with Gasteiger partial charge >= 0.3 is 0 Å². The first-order valence-corrected chi connectivity index (χ1v) is 8.07. The predicted molar refractivity (Wildman–Crippen MR) is 86.3 cm³/mol. The molecule has 1 aromatic heterocycles. The van der Waals surface area contributed by atoms with Gasteiger partial charge in [-0.1, -0.05) is 41.5 Å². The SMILES string of the molecule is CC(C)CN(C)c1nc(C(C)C)c(CNC(C)C)s1. The number of thiazole rings is 1. The van der Waals surface area contributed by atoms with E-state index in [1.807, 2.05) is 11.3 Å². The van der Waals surface area contributed by atoms with Crippen LogP contribution in [-0.4, -0.2) is 24.6 Å². The molecule has 1 heterocycles. The third-order valence-corrected chi connectivity index (χ3v) is 4.08. The van der Waals surface area contributed by atoms with E-state index in [0.29, 0.717) is 17.9 Å². The summed E-state index contributed by atoms with van der Waals surface area (Å²) in [5, 5.41) is 4.65. The summed E-state index contributed by atoms with van der Waals surface area (Å²) in [4.78, 5) is 8.51. The second-order valence-corrected chi connectivity index (χ2v) is 7.33. The minimum absolute atomic E-state index is 0.487. The van der Waals surface area contributed by atoms with E-state index in [-0.39, 0.29) is 0 Å². The molecule has 0 aliphatic rings. The summed E-state index contributed by atoms with van der Waals surface area (Å²) in [6, 6.07) is 0.513. The van der Waals surface area contributed by atoms with Crippen LogP contribution < -0.4 is 10.2 Å². The molecule has 0 amide bonds. The summed E-state index contributed by atoms with van der Waals surface area (Å²) >= 11 is 1.83. The van der Waals surface area contributed by atoms with Crippen molar-refractivity contribution in [2.24, 2.45) is 5.92 Å². The number of hydrogen-bond donors (Lipinski definition) is 1. The maximum Gasteiger partial charge on any atom is 0.185 e. The lowest BCUT2D eigenvalue weighted by molar-refractivity contribution is 0.588. The van der Waals surface area contributed by atoms with Gasteiger partial charge in [0.25, 0.3) is 0 Å². The number of nitrogens with one attached hydrogen (secondary N) is 1. The highest BCUT2D eigenvalue weighted by Gasteiger charge is 2.17. The summed E-state index contributed by atoms with van der Waals surface area (Å²) in [6.45, 7) is 15.3. The van der Waals surface area contributed by atoms with E-state index >= 15 is 0 Å². The zero-order valence-corrected chi connectivity index (χ0v) is 14.3. The summed E-state index contributed by atoms with van der Waals surface area (Å²) in [6.07, 6.45) is 0. The van der Waals surface area contributed by atoms with Crippen LogP contribution in [0.25, 0.3) is 0 Å². The van der Waals surface area contributed by atoms with Crippen molar-refractivity contribution in [2.75, 3.05) is 18.5 Å². The molecule has 0 aliphatic heterocycles. The molecule has 0 unspecified atom stereocenters. The Labute approximate surface area is 122 Å².